The van der Waals surface area contributed by atoms with Gasteiger partial charge < -0.3 is 14.4 Å². The van der Waals surface area contributed by atoms with Crippen LogP contribution < -0.4 is 4.74 Å². The SMILES string of the molecule is CC(C)(C)OCCOc1ccc(C(=O)N2CCN(S(C)(=O)=O)CC2)cn1. The van der Waals surface area contributed by atoms with E-state index < -0.39 is 10.0 Å². The number of carbonyl (C=O) groups is 1. The Labute approximate surface area is 155 Å². The molecular weight excluding hydrogens is 358 g/mol. The van der Waals surface area contributed by atoms with Gasteiger partial charge in [-0.15, -0.1) is 0 Å². The van der Waals surface area contributed by atoms with Gasteiger partial charge in [-0.25, -0.2) is 13.4 Å². The highest BCUT2D eigenvalue weighted by atomic mass is 32.2. The van der Waals surface area contributed by atoms with Crippen molar-refractivity contribution >= 4 is 15.9 Å². The van der Waals surface area contributed by atoms with Crippen molar-refractivity contribution in [1.29, 1.82) is 0 Å². The number of hydrogen-bond donors (Lipinski definition) is 0. The molecule has 8 nitrogen and oxygen atoms in total. The third kappa shape index (κ3) is 6.22. The molecule has 1 fully saturated rings. The van der Waals surface area contributed by atoms with Crippen molar-refractivity contribution in [3.05, 3.63) is 23.9 Å². The molecule has 0 radical (unpaired) electrons. The summed E-state index contributed by atoms with van der Waals surface area (Å²) in [7, 11) is -3.21. The van der Waals surface area contributed by atoms with Crippen LogP contribution in [0.15, 0.2) is 18.3 Å². The molecule has 0 saturated carbocycles. The molecule has 0 N–H and O–H groups in total. The van der Waals surface area contributed by atoms with E-state index in [-0.39, 0.29) is 11.5 Å². The lowest BCUT2D eigenvalue weighted by Crippen LogP contribution is -2.50. The van der Waals surface area contributed by atoms with Crippen LogP contribution in [-0.4, -0.2) is 79.8 Å². The second-order valence-electron chi connectivity index (χ2n) is 7.15. The fourth-order valence-electron chi connectivity index (χ4n) is 2.49. The van der Waals surface area contributed by atoms with Gasteiger partial charge in [0, 0.05) is 38.4 Å². The molecule has 1 aromatic heterocycles. The molecule has 0 aliphatic carbocycles. The maximum Gasteiger partial charge on any atom is 0.255 e. The Morgan fingerprint density at radius 2 is 1.81 bits per heavy atom. The van der Waals surface area contributed by atoms with E-state index in [1.54, 1.807) is 17.0 Å². The molecule has 146 valence electrons. The van der Waals surface area contributed by atoms with Gasteiger partial charge in [0.2, 0.25) is 15.9 Å². The molecule has 0 atom stereocenters. The summed E-state index contributed by atoms with van der Waals surface area (Å²) in [4.78, 5) is 18.3. The van der Waals surface area contributed by atoms with E-state index in [1.807, 2.05) is 20.8 Å². The van der Waals surface area contributed by atoms with E-state index in [1.165, 1.54) is 16.8 Å². The third-order valence-corrected chi connectivity index (χ3v) is 5.15. The number of aromatic nitrogens is 1. The summed E-state index contributed by atoms with van der Waals surface area (Å²) < 4.78 is 35.5. The summed E-state index contributed by atoms with van der Waals surface area (Å²) in [5, 5.41) is 0. The number of carbonyl (C=O) groups excluding carboxylic acids is 1. The van der Waals surface area contributed by atoms with E-state index >= 15 is 0 Å². The molecule has 1 aromatic rings. The molecule has 2 rings (SSSR count). The molecule has 1 aliphatic heterocycles. The Balaban J connectivity index is 1.83. The van der Waals surface area contributed by atoms with Gasteiger partial charge in [-0.05, 0) is 26.8 Å². The van der Waals surface area contributed by atoms with E-state index in [9.17, 15) is 13.2 Å². The zero-order valence-corrected chi connectivity index (χ0v) is 16.6. The van der Waals surface area contributed by atoms with Crippen molar-refractivity contribution < 1.29 is 22.7 Å². The molecular formula is C17H27N3O5S. The number of nitrogens with zero attached hydrogens (tertiary/aromatic N) is 3. The quantitative estimate of drug-likeness (QED) is 0.679. The molecule has 26 heavy (non-hydrogen) atoms. The van der Waals surface area contributed by atoms with Crippen LogP contribution >= 0.6 is 0 Å². The minimum absolute atomic E-state index is 0.159. The average Bonchev–Trinajstić information content (AvgIpc) is 2.57. The van der Waals surface area contributed by atoms with Crippen LogP contribution in [0.2, 0.25) is 0 Å². The number of sulfonamides is 1. The highest BCUT2D eigenvalue weighted by molar-refractivity contribution is 7.88. The molecule has 2 heterocycles. The number of rotatable bonds is 6. The topological polar surface area (TPSA) is 89.0 Å². The lowest BCUT2D eigenvalue weighted by molar-refractivity contribution is -0.0168. The second kappa shape index (κ2) is 8.32. The normalized spacial score (nSPS) is 16.5. The third-order valence-electron chi connectivity index (χ3n) is 3.85. The number of amides is 1. The second-order valence-corrected chi connectivity index (χ2v) is 9.13. The Morgan fingerprint density at radius 3 is 2.31 bits per heavy atom. The Kier molecular flexibility index (Phi) is 6.59. The lowest BCUT2D eigenvalue weighted by atomic mass is 10.2. The molecule has 0 spiro atoms. The average molecular weight is 385 g/mol. The highest BCUT2D eigenvalue weighted by Gasteiger charge is 2.26. The van der Waals surface area contributed by atoms with Crippen LogP contribution in [0.4, 0.5) is 0 Å². The summed E-state index contributed by atoms with van der Waals surface area (Å²) in [5.74, 6) is 0.272. The Morgan fingerprint density at radius 1 is 1.15 bits per heavy atom. The van der Waals surface area contributed by atoms with Gasteiger partial charge in [-0.2, -0.15) is 4.31 Å². The van der Waals surface area contributed by atoms with Gasteiger partial charge in [-0.3, -0.25) is 4.79 Å². The predicted octanol–water partition coefficient (Wildman–Crippen LogP) is 0.993. The van der Waals surface area contributed by atoms with Crippen molar-refractivity contribution in [1.82, 2.24) is 14.2 Å². The smallest absolute Gasteiger partial charge is 0.255 e. The predicted molar refractivity (Wildman–Crippen MR) is 97.8 cm³/mol. The van der Waals surface area contributed by atoms with Gasteiger partial charge in [0.1, 0.15) is 6.61 Å². The van der Waals surface area contributed by atoms with Crippen LogP contribution in [0.25, 0.3) is 0 Å². The van der Waals surface area contributed by atoms with Crippen molar-refractivity contribution in [3.63, 3.8) is 0 Å². The van der Waals surface area contributed by atoms with Crippen LogP contribution in [0.5, 0.6) is 5.88 Å². The maximum absolute atomic E-state index is 12.5. The fraction of sp³-hybridized carbons (Fsp3) is 0.647. The minimum atomic E-state index is -3.21. The number of pyridine rings is 1. The number of ether oxygens (including phenoxy) is 2. The number of piperazine rings is 1. The van der Waals surface area contributed by atoms with Crippen molar-refractivity contribution in [2.75, 3.05) is 45.6 Å². The summed E-state index contributed by atoms with van der Waals surface area (Å²) in [6.07, 6.45) is 2.66. The molecule has 1 aliphatic rings. The summed E-state index contributed by atoms with van der Waals surface area (Å²) in [5.41, 5.74) is 0.241. The summed E-state index contributed by atoms with van der Waals surface area (Å²) >= 11 is 0. The first-order chi connectivity index (χ1) is 12.1. The number of hydrogen-bond acceptors (Lipinski definition) is 6. The first-order valence-electron chi connectivity index (χ1n) is 8.53. The monoisotopic (exact) mass is 385 g/mol. The zero-order chi connectivity index (χ0) is 19.4. The van der Waals surface area contributed by atoms with E-state index in [2.05, 4.69) is 4.98 Å². The van der Waals surface area contributed by atoms with Gasteiger partial charge in [0.25, 0.3) is 5.91 Å². The first kappa shape index (κ1) is 20.6. The molecule has 0 aromatic carbocycles. The van der Waals surface area contributed by atoms with Crippen molar-refractivity contribution in [3.8, 4) is 5.88 Å². The van der Waals surface area contributed by atoms with E-state index in [0.717, 1.165) is 0 Å². The van der Waals surface area contributed by atoms with E-state index in [4.69, 9.17) is 9.47 Å². The standard InChI is InChI=1S/C17H27N3O5S/c1-17(2,3)25-12-11-24-15-6-5-14(13-18-15)16(21)19-7-9-20(10-8-19)26(4,22)23/h5-6,13H,7-12H2,1-4H3. The van der Waals surface area contributed by atoms with Crippen LogP contribution in [0.3, 0.4) is 0 Å². The maximum atomic E-state index is 12.5. The van der Waals surface area contributed by atoms with Gasteiger partial charge in [0.15, 0.2) is 0 Å². The largest absolute Gasteiger partial charge is 0.475 e. The first-order valence-corrected chi connectivity index (χ1v) is 10.4. The molecule has 0 unspecified atom stereocenters. The lowest BCUT2D eigenvalue weighted by Gasteiger charge is -2.33. The molecule has 9 heteroatoms. The zero-order valence-electron chi connectivity index (χ0n) is 15.8. The van der Waals surface area contributed by atoms with E-state index in [0.29, 0.717) is 50.8 Å². The van der Waals surface area contributed by atoms with Crippen molar-refractivity contribution in [2.45, 2.75) is 26.4 Å². The highest BCUT2D eigenvalue weighted by Crippen LogP contribution is 2.13. The molecule has 0 bridgehead atoms. The molecule has 1 amide bonds. The van der Waals surface area contributed by atoms with Crippen LogP contribution in [-0.2, 0) is 14.8 Å². The van der Waals surface area contributed by atoms with Gasteiger partial charge in [-0.1, -0.05) is 0 Å². The van der Waals surface area contributed by atoms with Gasteiger partial charge in [0.05, 0.1) is 24.0 Å². The summed E-state index contributed by atoms with van der Waals surface area (Å²) in [6.45, 7) is 8.12. The Bertz CT molecular complexity index is 705. The minimum Gasteiger partial charge on any atom is -0.475 e. The Hall–Kier alpha value is -1.71. The fourth-order valence-corrected chi connectivity index (χ4v) is 3.32. The van der Waals surface area contributed by atoms with Crippen LogP contribution in [0, 0.1) is 0 Å². The van der Waals surface area contributed by atoms with Crippen molar-refractivity contribution in [2.24, 2.45) is 0 Å². The van der Waals surface area contributed by atoms with Crippen LogP contribution in [0.1, 0.15) is 31.1 Å². The summed E-state index contributed by atoms with van der Waals surface area (Å²) in [6, 6.07) is 3.31. The molecule has 1 saturated heterocycles. The van der Waals surface area contributed by atoms with Gasteiger partial charge >= 0.3 is 0 Å².